The van der Waals surface area contributed by atoms with Crippen LogP contribution in [0.2, 0.25) is 0 Å². The van der Waals surface area contributed by atoms with E-state index in [-0.39, 0.29) is 6.42 Å². The van der Waals surface area contributed by atoms with Crippen LogP contribution >= 0.6 is 12.6 Å². The molecule has 7 nitrogen and oxygen atoms in total. The molecule has 0 saturated carbocycles. The van der Waals surface area contributed by atoms with Crippen LogP contribution in [0.15, 0.2) is 36.5 Å². The molecule has 136 valence electrons. The van der Waals surface area contributed by atoms with Crippen molar-refractivity contribution in [2.75, 3.05) is 32.2 Å². The van der Waals surface area contributed by atoms with Gasteiger partial charge in [-0.2, -0.15) is 12.6 Å². The second-order valence-corrected chi connectivity index (χ2v) is 5.51. The molecule has 0 radical (unpaired) electrons. The monoisotopic (exact) mass is 359 g/mol. The van der Waals surface area contributed by atoms with E-state index in [0.717, 1.165) is 0 Å². The van der Waals surface area contributed by atoms with E-state index < -0.39 is 37.8 Å². The smallest absolute Gasteiger partial charge is 0.304 e. The molecule has 1 aromatic carbocycles. The lowest BCUT2D eigenvalue weighted by atomic mass is 9.93. The normalized spacial score (nSPS) is 10.4. The molecule has 0 saturated heterocycles. The van der Waals surface area contributed by atoms with E-state index in [0.29, 0.717) is 5.75 Å². The van der Waals surface area contributed by atoms with Crippen molar-refractivity contribution in [1.82, 2.24) is 4.98 Å². The third-order valence-corrected chi connectivity index (χ3v) is 3.35. The number of aliphatic carboxylic acids is 1. The first-order valence-electron chi connectivity index (χ1n) is 7.26. The van der Waals surface area contributed by atoms with Crippen molar-refractivity contribution in [3.8, 4) is 0 Å². The van der Waals surface area contributed by atoms with Gasteiger partial charge in [0, 0.05) is 17.5 Å². The lowest BCUT2D eigenvalue weighted by molar-refractivity contribution is -0.136. The number of rotatable bonds is 6. The number of hydrogen-bond acceptors (Lipinski definition) is 6. The Kier molecular flexibility index (Phi) is 12.0. The summed E-state index contributed by atoms with van der Waals surface area (Å²) in [5.74, 6) is -0.361. The fraction of sp³-hybridized carbons (Fsp3) is 0.438. The molecule has 24 heavy (non-hydrogen) atoms. The summed E-state index contributed by atoms with van der Waals surface area (Å²) >= 11 is 3.68. The minimum atomic E-state index is -1.11. The third-order valence-electron chi connectivity index (χ3n) is 3.13. The van der Waals surface area contributed by atoms with Crippen molar-refractivity contribution >= 4 is 29.5 Å². The summed E-state index contributed by atoms with van der Waals surface area (Å²) in [4.78, 5) is 12.7. The minimum absolute atomic E-state index is 0.156. The maximum absolute atomic E-state index is 9.55. The van der Waals surface area contributed by atoms with E-state index in [1.165, 1.54) is 10.9 Å². The summed E-state index contributed by atoms with van der Waals surface area (Å²) in [5, 5.41) is 43.1. The highest BCUT2D eigenvalue weighted by Gasteiger charge is 2.26. The second kappa shape index (κ2) is 12.8. The van der Waals surface area contributed by atoms with Crippen LogP contribution in [0, 0.1) is 5.41 Å². The zero-order valence-corrected chi connectivity index (χ0v) is 14.2. The Balaban J connectivity index is 0.000000340. The van der Waals surface area contributed by atoms with Crippen molar-refractivity contribution in [3.05, 3.63) is 36.5 Å². The van der Waals surface area contributed by atoms with E-state index in [9.17, 15) is 4.79 Å². The van der Waals surface area contributed by atoms with Crippen LogP contribution in [0.25, 0.3) is 10.9 Å². The molecule has 1 aromatic heterocycles. The molecule has 2 rings (SSSR count). The van der Waals surface area contributed by atoms with Gasteiger partial charge >= 0.3 is 5.97 Å². The lowest BCUT2D eigenvalue weighted by Gasteiger charge is -2.23. The van der Waals surface area contributed by atoms with Crippen LogP contribution in [0.4, 0.5) is 0 Å². The van der Waals surface area contributed by atoms with Gasteiger partial charge in [-0.1, -0.05) is 18.2 Å². The Morgan fingerprint density at radius 2 is 1.54 bits per heavy atom. The maximum Gasteiger partial charge on any atom is 0.304 e. The fourth-order valence-electron chi connectivity index (χ4n) is 1.39. The number of aliphatic hydroxyl groups excluding tert-OH is 4. The Morgan fingerprint density at radius 1 is 1.00 bits per heavy atom. The molecule has 0 fully saturated rings. The molecule has 0 aliphatic carbocycles. The van der Waals surface area contributed by atoms with Crippen LogP contribution in [0.3, 0.4) is 0 Å². The van der Waals surface area contributed by atoms with Crippen LogP contribution < -0.4 is 0 Å². The highest BCUT2D eigenvalue weighted by molar-refractivity contribution is 7.80. The minimum Gasteiger partial charge on any atom is -0.481 e. The van der Waals surface area contributed by atoms with Gasteiger partial charge in [0.1, 0.15) is 0 Å². The summed E-state index contributed by atoms with van der Waals surface area (Å²) in [6.45, 7) is -1.62. The van der Waals surface area contributed by atoms with Gasteiger partial charge in [0.15, 0.2) is 0 Å². The van der Waals surface area contributed by atoms with Crippen molar-refractivity contribution in [2.24, 2.45) is 5.41 Å². The van der Waals surface area contributed by atoms with Gasteiger partial charge in [-0.15, -0.1) is 0 Å². The molecule has 0 atom stereocenters. The average molecular weight is 359 g/mol. The molecule has 0 aliphatic heterocycles. The van der Waals surface area contributed by atoms with Crippen molar-refractivity contribution < 1.29 is 30.3 Å². The van der Waals surface area contributed by atoms with E-state index in [1.54, 1.807) is 0 Å². The first kappa shape index (κ1) is 22.4. The Hall–Kier alpha value is -1.58. The average Bonchev–Trinajstić information content (AvgIpc) is 3.07. The van der Waals surface area contributed by atoms with Crippen LogP contribution in [-0.2, 0) is 4.79 Å². The molecule has 0 aliphatic rings. The number of nitrogens with one attached hydrogen (secondary N) is 1. The van der Waals surface area contributed by atoms with Gasteiger partial charge in [-0.25, -0.2) is 0 Å². The van der Waals surface area contributed by atoms with Gasteiger partial charge in [0.2, 0.25) is 0 Å². The van der Waals surface area contributed by atoms with E-state index in [2.05, 4.69) is 35.8 Å². The van der Waals surface area contributed by atoms with Crippen LogP contribution in [-0.4, -0.2) is 68.7 Å². The summed E-state index contributed by atoms with van der Waals surface area (Å²) in [5.41, 5.74) is 0.0949. The van der Waals surface area contributed by atoms with Crippen molar-refractivity contribution in [2.45, 2.75) is 6.42 Å². The number of H-pyrrole nitrogens is 1. The summed E-state index contributed by atoms with van der Waals surface area (Å²) in [6.07, 6.45) is 2.10. The van der Waals surface area contributed by atoms with Gasteiger partial charge < -0.3 is 30.5 Å². The number of benzene rings is 1. The zero-order valence-electron chi connectivity index (χ0n) is 13.3. The number of hydrogen-bond donors (Lipinski definition) is 7. The highest BCUT2D eigenvalue weighted by atomic mass is 32.1. The molecular weight excluding hydrogens is 334 g/mol. The molecule has 0 amide bonds. The summed E-state index contributed by atoms with van der Waals surface area (Å²) < 4.78 is 0. The largest absolute Gasteiger partial charge is 0.481 e. The van der Waals surface area contributed by atoms with Gasteiger partial charge in [0.25, 0.3) is 0 Å². The topological polar surface area (TPSA) is 134 Å². The lowest BCUT2D eigenvalue weighted by Crippen LogP contribution is -2.37. The van der Waals surface area contributed by atoms with Gasteiger partial charge in [-0.3, -0.25) is 4.79 Å². The van der Waals surface area contributed by atoms with Crippen molar-refractivity contribution in [3.63, 3.8) is 0 Å². The number of aromatic amines is 1. The molecule has 8 heteroatoms. The van der Waals surface area contributed by atoms with E-state index in [4.69, 9.17) is 25.5 Å². The molecular formula is C16H25NO6S. The standard InChI is InChI=1S/C8H7N.C5H12O4.C3H6O2S/c1-2-4-8-7(3-1)5-6-9-8;6-1-5(2-7,3-8)4-9;4-3(5)1-2-6/h1-6,9H;6-9H,1-4H2;6H,1-2H2,(H,4,5). The maximum atomic E-state index is 9.55. The SMILES string of the molecule is O=C(O)CCS.OCC(CO)(CO)CO.c1ccc2[nH]ccc2c1. The predicted octanol–water partition coefficient (Wildman–Crippen LogP) is 0.501. The first-order chi connectivity index (χ1) is 11.5. The van der Waals surface area contributed by atoms with Crippen LogP contribution in [0.1, 0.15) is 6.42 Å². The van der Waals surface area contributed by atoms with E-state index >= 15 is 0 Å². The van der Waals surface area contributed by atoms with E-state index in [1.807, 2.05) is 18.3 Å². The number of carboxylic acid groups (broad SMARTS) is 1. The Bertz CT molecular complexity index is 523. The summed E-state index contributed by atoms with van der Waals surface area (Å²) in [6, 6.07) is 10.3. The van der Waals surface area contributed by atoms with Gasteiger partial charge in [-0.05, 0) is 17.5 Å². The Morgan fingerprint density at radius 3 is 1.88 bits per heavy atom. The molecule has 0 bridgehead atoms. The number of para-hydroxylation sites is 1. The number of carboxylic acids is 1. The van der Waals surface area contributed by atoms with Crippen molar-refractivity contribution in [1.29, 1.82) is 0 Å². The van der Waals surface area contributed by atoms with Crippen LogP contribution in [0.5, 0.6) is 0 Å². The highest BCUT2D eigenvalue weighted by Crippen LogP contribution is 2.12. The molecule has 6 N–H and O–H groups in total. The molecule has 1 heterocycles. The zero-order chi connectivity index (χ0) is 18.4. The molecule has 2 aromatic rings. The molecule has 0 spiro atoms. The summed E-state index contributed by atoms with van der Waals surface area (Å²) in [7, 11) is 0. The predicted molar refractivity (Wildman–Crippen MR) is 95.2 cm³/mol. The second-order valence-electron chi connectivity index (χ2n) is 5.06. The number of fused-ring (bicyclic) bond motifs is 1. The third kappa shape index (κ3) is 8.32. The Labute approximate surface area is 146 Å². The number of thiol groups is 1. The van der Waals surface area contributed by atoms with Gasteiger partial charge in [0.05, 0.1) is 38.3 Å². The number of aliphatic hydroxyl groups is 4. The first-order valence-corrected chi connectivity index (χ1v) is 7.90. The number of carbonyl (C=O) groups is 1. The number of aromatic nitrogens is 1. The fourth-order valence-corrected chi connectivity index (χ4v) is 1.58. The quantitative estimate of drug-likeness (QED) is 0.376. The molecule has 0 unspecified atom stereocenters.